The van der Waals surface area contributed by atoms with Gasteiger partial charge in [-0.25, -0.2) is 0 Å². The van der Waals surface area contributed by atoms with E-state index in [1.54, 1.807) is 0 Å². The minimum Gasteiger partial charge on any atom is -0.371 e. The highest BCUT2D eigenvalue weighted by Crippen LogP contribution is 2.21. The van der Waals surface area contributed by atoms with Gasteiger partial charge < -0.3 is 13.3 Å². The van der Waals surface area contributed by atoms with Crippen molar-refractivity contribution in [1.29, 1.82) is 0 Å². The van der Waals surface area contributed by atoms with Crippen molar-refractivity contribution in [2.45, 2.75) is 105 Å². The highest BCUT2D eigenvalue weighted by atomic mass is 28.4. The lowest BCUT2D eigenvalue weighted by atomic mass is 10.2. The lowest BCUT2D eigenvalue weighted by Crippen LogP contribution is -2.49. The van der Waals surface area contributed by atoms with Gasteiger partial charge in [0.15, 0.2) is 0 Å². The first-order valence-electron chi connectivity index (χ1n) is 8.40. The van der Waals surface area contributed by atoms with Gasteiger partial charge in [0.1, 0.15) is 0 Å². The molecule has 122 valence electrons. The highest BCUT2D eigenvalue weighted by molar-refractivity contribution is 6.59. The minimum absolute atomic E-state index is 0.208. The minimum atomic E-state index is -2.55. The van der Waals surface area contributed by atoms with Gasteiger partial charge in [0.05, 0.1) is 0 Å². The van der Waals surface area contributed by atoms with Crippen LogP contribution in [0.25, 0.3) is 0 Å². The molecule has 0 saturated heterocycles. The summed E-state index contributed by atoms with van der Waals surface area (Å²) in [7, 11) is -2.55. The Balaban J connectivity index is 4.64. The summed E-state index contributed by atoms with van der Waals surface area (Å²) in [6.07, 6.45) is 7.17. The van der Waals surface area contributed by atoms with Crippen LogP contribution in [0.3, 0.4) is 0 Å². The first-order chi connectivity index (χ1) is 9.36. The molecule has 0 heterocycles. The van der Waals surface area contributed by atoms with E-state index in [1.165, 1.54) is 0 Å². The van der Waals surface area contributed by atoms with Crippen LogP contribution in [0.1, 0.15) is 80.1 Å². The third-order valence-corrected chi connectivity index (χ3v) is 5.82. The van der Waals surface area contributed by atoms with Gasteiger partial charge in [0, 0.05) is 24.9 Å². The van der Waals surface area contributed by atoms with E-state index in [0.29, 0.717) is 0 Å². The van der Waals surface area contributed by atoms with E-state index in [-0.39, 0.29) is 18.3 Å². The molecule has 0 radical (unpaired) electrons. The van der Waals surface area contributed by atoms with E-state index in [9.17, 15) is 0 Å². The van der Waals surface area contributed by atoms with Crippen LogP contribution in [0, 0.1) is 0 Å². The van der Waals surface area contributed by atoms with Crippen LogP contribution in [-0.2, 0) is 13.3 Å². The van der Waals surface area contributed by atoms with Crippen molar-refractivity contribution < 1.29 is 13.3 Å². The van der Waals surface area contributed by atoms with Crippen LogP contribution >= 0.6 is 0 Å². The molecule has 0 rings (SSSR count). The second kappa shape index (κ2) is 10.8. The SMILES string of the molecule is CCCC(C)O[Si](C)(OC(C)CCC)OC(C)CCC. The molecule has 4 heteroatoms. The zero-order valence-corrected chi connectivity index (χ0v) is 15.7. The Kier molecular flexibility index (Phi) is 10.8. The second-order valence-electron chi connectivity index (χ2n) is 6.01. The summed E-state index contributed by atoms with van der Waals surface area (Å²) in [5.41, 5.74) is 0. The van der Waals surface area contributed by atoms with Gasteiger partial charge >= 0.3 is 8.80 Å². The van der Waals surface area contributed by atoms with E-state index in [2.05, 4.69) is 48.1 Å². The van der Waals surface area contributed by atoms with Gasteiger partial charge in [-0.15, -0.1) is 0 Å². The molecule has 0 spiro atoms. The Morgan fingerprint density at radius 2 is 0.900 bits per heavy atom. The Labute approximate surface area is 127 Å². The zero-order chi connectivity index (χ0) is 15.6. The van der Waals surface area contributed by atoms with E-state index in [4.69, 9.17) is 13.3 Å². The molecule has 0 aromatic heterocycles. The van der Waals surface area contributed by atoms with Crippen molar-refractivity contribution in [3.8, 4) is 0 Å². The Bertz CT molecular complexity index is 200. The lowest BCUT2D eigenvalue weighted by molar-refractivity contribution is -0.00862. The molecule has 0 N–H and O–H groups in total. The first-order valence-corrected chi connectivity index (χ1v) is 10.6. The predicted octanol–water partition coefficient (Wildman–Crippen LogP) is 5.17. The van der Waals surface area contributed by atoms with E-state index in [1.807, 2.05) is 0 Å². The molecule has 3 unspecified atom stereocenters. The molecule has 0 amide bonds. The normalized spacial score (nSPS) is 19.4. The van der Waals surface area contributed by atoms with Gasteiger partial charge in [-0.3, -0.25) is 0 Å². The molecule has 0 bridgehead atoms. The topological polar surface area (TPSA) is 27.7 Å². The Morgan fingerprint density at radius 3 is 1.10 bits per heavy atom. The third kappa shape index (κ3) is 9.11. The van der Waals surface area contributed by atoms with Gasteiger partial charge in [0.2, 0.25) is 0 Å². The maximum atomic E-state index is 6.21. The number of rotatable bonds is 12. The largest absolute Gasteiger partial charge is 0.498 e. The number of hydrogen-bond acceptors (Lipinski definition) is 3. The summed E-state index contributed by atoms with van der Waals surface area (Å²) in [4.78, 5) is 0. The summed E-state index contributed by atoms with van der Waals surface area (Å²) in [6.45, 7) is 15.0. The van der Waals surface area contributed by atoms with Crippen molar-refractivity contribution >= 4 is 8.80 Å². The zero-order valence-electron chi connectivity index (χ0n) is 14.7. The molecule has 0 aromatic rings. The van der Waals surface area contributed by atoms with Crippen LogP contribution in [0.5, 0.6) is 0 Å². The van der Waals surface area contributed by atoms with Gasteiger partial charge in [-0.05, 0) is 40.0 Å². The summed E-state index contributed by atoms with van der Waals surface area (Å²) in [5, 5.41) is 0. The molecule has 0 aliphatic carbocycles. The predicted molar refractivity (Wildman–Crippen MR) is 88.0 cm³/mol. The van der Waals surface area contributed by atoms with E-state index >= 15 is 0 Å². The molecule has 0 aliphatic rings. The fourth-order valence-corrected chi connectivity index (χ4v) is 5.29. The van der Waals surface area contributed by atoms with Crippen LogP contribution < -0.4 is 0 Å². The maximum absolute atomic E-state index is 6.21. The first kappa shape index (κ1) is 20.1. The third-order valence-electron chi connectivity index (χ3n) is 3.33. The molecular formula is C16H36O3Si. The Morgan fingerprint density at radius 1 is 0.650 bits per heavy atom. The van der Waals surface area contributed by atoms with Crippen molar-refractivity contribution in [1.82, 2.24) is 0 Å². The standard InChI is InChI=1S/C16H36O3Si/c1-8-11-14(4)17-20(7,18-15(5)12-9-2)19-16(6)13-10-3/h14-16H,8-13H2,1-7H3. The van der Waals surface area contributed by atoms with E-state index < -0.39 is 8.80 Å². The van der Waals surface area contributed by atoms with Crippen molar-refractivity contribution in [2.24, 2.45) is 0 Å². The molecule has 3 nitrogen and oxygen atoms in total. The van der Waals surface area contributed by atoms with Crippen LogP contribution in [0.4, 0.5) is 0 Å². The van der Waals surface area contributed by atoms with Gasteiger partial charge in [0.25, 0.3) is 0 Å². The van der Waals surface area contributed by atoms with Crippen LogP contribution in [0.15, 0.2) is 0 Å². The molecule has 0 aromatic carbocycles. The van der Waals surface area contributed by atoms with Gasteiger partial charge in [-0.1, -0.05) is 40.0 Å². The molecule has 20 heavy (non-hydrogen) atoms. The second-order valence-corrected chi connectivity index (χ2v) is 8.45. The molecular weight excluding hydrogens is 268 g/mol. The molecule has 0 aliphatic heterocycles. The molecule has 0 fully saturated rings. The highest BCUT2D eigenvalue weighted by Gasteiger charge is 2.39. The van der Waals surface area contributed by atoms with Crippen molar-refractivity contribution in [2.75, 3.05) is 0 Å². The average Bonchev–Trinajstić information content (AvgIpc) is 2.28. The quantitative estimate of drug-likeness (QED) is 0.465. The van der Waals surface area contributed by atoms with Gasteiger partial charge in [-0.2, -0.15) is 0 Å². The average molecular weight is 305 g/mol. The lowest BCUT2D eigenvalue weighted by Gasteiger charge is -2.34. The smallest absolute Gasteiger partial charge is 0.371 e. The van der Waals surface area contributed by atoms with Crippen molar-refractivity contribution in [3.63, 3.8) is 0 Å². The van der Waals surface area contributed by atoms with Crippen LogP contribution in [-0.4, -0.2) is 27.1 Å². The van der Waals surface area contributed by atoms with Crippen LogP contribution in [0.2, 0.25) is 6.55 Å². The Hall–Kier alpha value is 0.0969. The molecule has 0 saturated carbocycles. The molecule has 3 atom stereocenters. The summed E-state index contributed by atoms with van der Waals surface area (Å²) in [6, 6.07) is 0. The van der Waals surface area contributed by atoms with E-state index in [0.717, 1.165) is 38.5 Å². The summed E-state index contributed by atoms with van der Waals surface area (Å²) in [5.74, 6) is 0. The monoisotopic (exact) mass is 304 g/mol. The summed E-state index contributed by atoms with van der Waals surface area (Å²) >= 11 is 0. The van der Waals surface area contributed by atoms with Crippen molar-refractivity contribution in [3.05, 3.63) is 0 Å². The maximum Gasteiger partial charge on any atom is 0.498 e. The number of hydrogen-bond donors (Lipinski definition) is 0. The fraction of sp³-hybridized carbons (Fsp3) is 1.00. The fourth-order valence-electron chi connectivity index (χ4n) is 2.58. The summed E-state index contributed by atoms with van der Waals surface area (Å²) < 4.78 is 18.6.